The summed E-state index contributed by atoms with van der Waals surface area (Å²) in [5.41, 5.74) is 0.378. The van der Waals surface area contributed by atoms with Crippen LogP contribution >= 0.6 is 11.3 Å². The first-order valence-electron chi connectivity index (χ1n) is 5.64. The standard InChI is InChI=1S/C12H13N3O3S/c1-3-10-14-15-12(19-10)13-11(17)7-4-5-8(16)9(6-7)18-2/h4-6,16H,3H2,1-2H3,(H,13,15,17). The van der Waals surface area contributed by atoms with Crippen LogP contribution in [-0.2, 0) is 6.42 Å². The largest absolute Gasteiger partial charge is 0.504 e. The Hall–Kier alpha value is -2.15. The molecule has 0 saturated carbocycles. The molecule has 6 nitrogen and oxygen atoms in total. The number of aromatic nitrogens is 2. The van der Waals surface area contributed by atoms with Crippen LogP contribution in [0.2, 0.25) is 0 Å². The maximum Gasteiger partial charge on any atom is 0.257 e. The summed E-state index contributed by atoms with van der Waals surface area (Å²) in [6.07, 6.45) is 0.778. The van der Waals surface area contributed by atoms with Crippen molar-refractivity contribution in [3.05, 3.63) is 28.8 Å². The number of aryl methyl sites for hydroxylation is 1. The number of carbonyl (C=O) groups is 1. The van der Waals surface area contributed by atoms with Crippen LogP contribution in [0.25, 0.3) is 0 Å². The van der Waals surface area contributed by atoms with Gasteiger partial charge in [-0.2, -0.15) is 0 Å². The van der Waals surface area contributed by atoms with E-state index in [0.717, 1.165) is 11.4 Å². The first-order chi connectivity index (χ1) is 9.13. The van der Waals surface area contributed by atoms with Crippen LogP contribution in [0.4, 0.5) is 5.13 Å². The highest BCUT2D eigenvalue weighted by Gasteiger charge is 2.12. The number of benzene rings is 1. The zero-order valence-corrected chi connectivity index (χ0v) is 11.3. The Morgan fingerprint density at radius 2 is 2.26 bits per heavy atom. The molecule has 0 spiro atoms. The predicted octanol–water partition coefficient (Wildman–Crippen LogP) is 2.07. The number of nitrogens with one attached hydrogen (secondary N) is 1. The Bertz CT molecular complexity index is 598. The van der Waals surface area contributed by atoms with Gasteiger partial charge in [0.05, 0.1) is 7.11 Å². The van der Waals surface area contributed by atoms with E-state index < -0.39 is 0 Å². The molecule has 0 fully saturated rings. The fourth-order valence-electron chi connectivity index (χ4n) is 1.44. The van der Waals surface area contributed by atoms with Crippen LogP contribution in [-0.4, -0.2) is 28.3 Å². The van der Waals surface area contributed by atoms with E-state index in [9.17, 15) is 9.90 Å². The molecule has 0 aliphatic heterocycles. The number of amides is 1. The van der Waals surface area contributed by atoms with E-state index in [4.69, 9.17) is 4.74 Å². The highest BCUT2D eigenvalue weighted by molar-refractivity contribution is 7.15. The molecule has 0 aliphatic rings. The zero-order chi connectivity index (χ0) is 13.8. The fraction of sp³-hybridized carbons (Fsp3) is 0.250. The van der Waals surface area contributed by atoms with Crippen molar-refractivity contribution in [2.24, 2.45) is 0 Å². The lowest BCUT2D eigenvalue weighted by Gasteiger charge is -2.05. The van der Waals surface area contributed by atoms with Crippen molar-refractivity contribution in [3.8, 4) is 11.5 Å². The maximum absolute atomic E-state index is 12.0. The normalized spacial score (nSPS) is 10.2. The third-order valence-electron chi connectivity index (χ3n) is 2.43. The van der Waals surface area contributed by atoms with Gasteiger partial charge in [0.1, 0.15) is 5.01 Å². The molecule has 2 rings (SSSR count). The van der Waals surface area contributed by atoms with Crippen LogP contribution in [0.15, 0.2) is 18.2 Å². The van der Waals surface area contributed by atoms with E-state index in [1.54, 1.807) is 0 Å². The van der Waals surface area contributed by atoms with Crippen molar-refractivity contribution in [3.63, 3.8) is 0 Å². The molecule has 2 N–H and O–H groups in total. The minimum atomic E-state index is -0.322. The summed E-state index contributed by atoms with van der Waals surface area (Å²) in [6.45, 7) is 1.97. The molecule has 0 bridgehead atoms. The molecule has 7 heteroatoms. The van der Waals surface area contributed by atoms with Crippen molar-refractivity contribution in [1.29, 1.82) is 0 Å². The average molecular weight is 279 g/mol. The van der Waals surface area contributed by atoms with Crippen molar-refractivity contribution >= 4 is 22.4 Å². The second-order valence-electron chi connectivity index (χ2n) is 3.70. The third-order valence-corrected chi connectivity index (χ3v) is 3.41. The Balaban J connectivity index is 2.15. The Morgan fingerprint density at radius 3 is 2.89 bits per heavy atom. The van der Waals surface area contributed by atoms with E-state index in [0.29, 0.717) is 10.7 Å². The third kappa shape index (κ3) is 3.00. The molecule has 1 amide bonds. The second kappa shape index (κ2) is 5.66. The topological polar surface area (TPSA) is 84.3 Å². The van der Waals surface area contributed by atoms with Gasteiger partial charge in [0.15, 0.2) is 11.5 Å². The van der Waals surface area contributed by atoms with Crippen LogP contribution in [0.3, 0.4) is 0 Å². The number of phenols is 1. The average Bonchev–Trinajstić information content (AvgIpc) is 2.86. The molecule has 0 aliphatic carbocycles. The number of carbonyl (C=O) groups excluding carboxylic acids is 1. The summed E-state index contributed by atoms with van der Waals surface area (Å²) in [4.78, 5) is 12.0. The number of rotatable bonds is 4. The molecular weight excluding hydrogens is 266 g/mol. The maximum atomic E-state index is 12.0. The summed E-state index contributed by atoms with van der Waals surface area (Å²) in [7, 11) is 1.43. The van der Waals surface area contributed by atoms with Gasteiger partial charge in [-0.25, -0.2) is 0 Å². The SMILES string of the molecule is CCc1nnc(NC(=O)c2ccc(O)c(OC)c2)s1. The van der Waals surface area contributed by atoms with Crippen LogP contribution in [0.5, 0.6) is 11.5 Å². The lowest BCUT2D eigenvalue weighted by molar-refractivity contribution is 0.102. The van der Waals surface area contributed by atoms with E-state index in [2.05, 4.69) is 15.5 Å². The predicted molar refractivity (Wildman–Crippen MR) is 71.9 cm³/mol. The lowest BCUT2D eigenvalue weighted by atomic mass is 10.2. The minimum Gasteiger partial charge on any atom is -0.504 e. The highest BCUT2D eigenvalue weighted by atomic mass is 32.1. The van der Waals surface area contributed by atoms with Crippen molar-refractivity contribution in [2.75, 3.05) is 12.4 Å². The van der Waals surface area contributed by atoms with E-state index in [1.165, 1.54) is 36.6 Å². The Labute approximate surface area is 114 Å². The fourth-order valence-corrected chi connectivity index (χ4v) is 2.11. The van der Waals surface area contributed by atoms with Gasteiger partial charge in [0.25, 0.3) is 5.91 Å². The summed E-state index contributed by atoms with van der Waals surface area (Å²) in [6, 6.07) is 4.38. The first kappa shape index (κ1) is 13.3. The van der Waals surface area contributed by atoms with E-state index >= 15 is 0 Å². The first-order valence-corrected chi connectivity index (χ1v) is 6.46. The summed E-state index contributed by atoms with van der Waals surface area (Å²) >= 11 is 1.33. The number of hydrogen-bond acceptors (Lipinski definition) is 6. The molecular formula is C12H13N3O3S. The van der Waals surface area contributed by atoms with E-state index in [-0.39, 0.29) is 17.4 Å². The number of hydrogen-bond donors (Lipinski definition) is 2. The molecule has 0 radical (unpaired) electrons. The van der Waals surface area contributed by atoms with Gasteiger partial charge in [-0.15, -0.1) is 10.2 Å². The molecule has 19 heavy (non-hydrogen) atoms. The number of nitrogens with zero attached hydrogens (tertiary/aromatic N) is 2. The van der Waals surface area contributed by atoms with Gasteiger partial charge in [0.2, 0.25) is 5.13 Å². The van der Waals surface area contributed by atoms with Gasteiger partial charge in [0, 0.05) is 5.56 Å². The summed E-state index contributed by atoms with van der Waals surface area (Å²) in [5.74, 6) is -0.0838. The smallest absolute Gasteiger partial charge is 0.257 e. The molecule has 1 aromatic heterocycles. The molecule has 100 valence electrons. The number of aromatic hydroxyl groups is 1. The number of ether oxygens (including phenoxy) is 1. The van der Waals surface area contributed by atoms with E-state index in [1.807, 2.05) is 6.92 Å². The molecule has 2 aromatic rings. The van der Waals surface area contributed by atoms with Crippen molar-refractivity contribution < 1.29 is 14.6 Å². The second-order valence-corrected chi connectivity index (χ2v) is 4.76. The van der Waals surface area contributed by atoms with Gasteiger partial charge in [-0.05, 0) is 24.6 Å². The Kier molecular flexibility index (Phi) is 3.96. The molecule has 0 saturated heterocycles. The summed E-state index contributed by atoms with van der Waals surface area (Å²) in [5, 5.41) is 21.2. The van der Waals surface area contributed by atoms with Gasteiger partial charge >= 0.3 is 0 Å². The molecule has 0 atom stereocenters. The van der Waals surface area contributed by atoms with Crippen molar-refractivity contribution in [2.45, 2.75) is 13.3 Å². The monoisotopic (exact) mass is 279 g/mol. The van der Waals surface area contributed by atoms with Gasteiger partial charge < -0.3 is 9.84 Å². The minimum absolute atomic E-state index is 0.0109. The van der Waals surface area contributed by atoms with Crippen LogP contribution < -0.4 is 10.1 Å². The number of methoxy groups -OCH3 is 1. The molecule has 0 unspecified atom stereocenters. The molecule has 1 heterocycles. The van der Waals surface area contributed by atoms with Crippen LogP contribution in [0, 0.1) is 0 Å². The van der Waals surface area contributed by atoms with Gasteiger partial charge in [-0.3, -0.25) is 10.1 Å². The quantitative estimate of drug-likeness (QED) is 0.895. The zero-order valence-electron chi connectivity index (χ0n) is 10.5. The summed E-state index contributed by atoms with van der Waals surface area (Å²) < 4.78 is 4.95. The highest BCUT2D eigenvalue weighted by Crippen LogP contribution is 2.26. The van der Waals surface area contributed by atoms with Crippen molar-refractivity contribution in [1.82, 2.24) is 10.2 Å². The number of anilines is 1. The van der Waals surface area contributed by atoms with Crippen LogP contribution in [0.1, 0.15) is 22.3 Å². The van der Waals surface area contributed by atoms with Gasteiger partial charge in [-0.1, -0.05) is 18.3 Å². The lowest BCUT2D eigenvalue weighted by Crippen LogP contribution is -2.11. The molecule has 1 aromatic carbocycles. The number of phenolic OH excluding ortho intramolecular Hbond substituents is 1. The Morgan fingerprint density at radius 1 is 1.47 bits per heavy atom.